The molecule has 0 rings (SSSR count). The van der Waals surface area contributed by atoms with Crippen molar-refractivity contribution in [2.24, 2.45) is 0 Å². The van der Waals surface area contributed by atoms with Crippen LogP contribution >= 0.6 is 0 Å². The van der Waals surface area contributed by atoms with E-state index in [2.05, 4.69) is 0 Å². The Hall–Kier alpha value is 9.57. The molecular formula is H2K6O6Os. The number of hydrogen-bond acceptors (Lipinski definition) is 4. The van der Waals surface area contributed by atoms with Crippen LogP contribution in [0.25, 0.3) is 0 Å². The molecule has 0 aliphatic carbocycles. The van der Waals surface area contributed by atoms with Gasteiger partial charge in [-0.05, 0) is 0 Å². The molecule has 0 radical (unpaired) electrons. The van der Waals surface area contributed by atoms with Crippen LogP contribution in [0.1, 0.15) is 0 Å². The van der Waals surface area contributed by atoms with Crippen molar-refractivity contribution in [3.63, 3.8) is 0 Å². The zero-order valence-electron chi connectivity index (χ0n) is 8.89. The monoisotopic (exact) mass is 524 g/mol. The average molecular weight is 523 g/mol. The van der Waals surface area contributed by atoms with E-state index in [0.717, 1.165) is 0 Å². The van der Waals surface area contributed by atoms with Crippen molar-refractivity contribution in [3.8, 4) is 0 Å². The van der Waals surface area contributed by atoms with Crippen LogP contribution in [0.3, 0.4) is 0 Å². The second-order valence-electron chi connectivity index (χ2n) is 0.354. The van der Waals surface area contributed by atoms with Crippen molar-refractivity contribution < 1.29 is 348 Å². The molecule has 2 N–H and O–H groups in total. The molecule has 0 saturated heterocycles. The molecule has 0 saturated carbocycles. The Morgan fingerprint density at radius 1 is 0.538 bits per heavy atom. The van der Waals surface area contributed by atoms with Crippen LogP contribution in [0.4, 0.5) is 0 Å². The van der Waals surface area contributed by atoms with Crippen LogP contribution in [0, 0.1) is 0 Å². The van der Waals surface area contributed by atoms with Crippen LogP contribution in [0.15, 0.2) is 0 Å². The molecule has 0 spiro atoms. The number of rotatable bonds is 0. The van der Waals surface area contributed by atoms with E-state index in [4.69, 9.17) is 14.2 Å². The molecule has 52 valence electrons. The Balaban J connectivity index is -0.00000000286. The first-order valence-electron chi connectivity index (χ1n) is 0.577. The molecule has 0 heterocycles. The van der Waals surface area contributed by atoms with Crippen LogP contribution in [0.5, 0.6) is 0 Å². The third-order valence-corrected chi connectivity index (χ3v) is 0. The van der Waals surface area contributed by atoms with Crippen molar-refractivity contribution in [2.45, 2.75) is 0 Å². The Morgan fingerprint density at radius 3 is 0.538 bits per heavy atom. The molecule has 0 amide bonds. The summed E-state index contributed by atoms with van der Waals surface area (Å²) < 4.78 is 34.5. The fraction of sp³-hybridized carbons (Fsp3) is 0. The topological polar surface area (TPSA) is 128 Å². The van der Waals surface area contributed by atoms with E-state index in [0.29, 0.717) is 0 Å². The predicted octanol–water partition coefficient (Wildman–Crippen LogP) is -19.4. The van der Waals surface area contributed by atoms with Crippen molar-refractivity contribution in [2.75, 3.05) is 0 Å². The maximum atomic E-state index is 8.63. The van der Waals surface area contributed by atoms with Gasteiger partial charge in [-0.15, -0.1) is 0 Å². The molecule has 0 unspecified atom stereocenters. The van der Waals surface area contributed by atoms with Crippen molar-refractivity contribution in [1.82, 2.24) is 0 Å². The van der Waals surface area contributed by atoms with E-state index >= 15 is 0 Å². The van der Waals surface area contributed by atoms with Gasteiger partial charge in [-0.1, -0.05) is 0 Å². The SMILES string of the molecule is O.[K+].[K+].[K+].[K+].[K+].[K+].[O-2].[O]=[Os-4](=[O])(=[O])=[O]. The van der Waals surface area contributed by atoms with Crippen LogP contribution in [-0.2, 0) is 34.5 Å². The summed E-state index contributed by atoms with van der Waals surface area (Å²) in [6.07, 6.45) is 0. The first-order chi connectivity index (χ1) is 2.00. The van der Waals surface area contributed by atoms with Crippen LogP contribution in [-0.4, -0.2) is 5.48 Å². The van der Waals surface area contributed by atoms with E-state index < -0.39 is 14.8 Å². The van der Waals surface area contributed by atoms with Crippen molar-refractivity contribution in [1.29, 1.82) is 0 Å². The third-order valence-electron chi connectivity index (χ3n) is 0. The zero-order valence-corrected chi connectivity index (χ0v) is 30.2. The molecule has 0 aromatic heterocycles. The fourth-order valence-electron chi connectivity index (χ4n) is 0. The third kappa shape index (κ3) is 90.2. The van der Waals surface area contributed by atoms with Crippen LogP contribution < -0.4 is 308 Å². The van der Waals surface area contributed by atoms with Crippen molar-refractivity contribution >= 4 is 0 Å². The quantitative estimate of drug-likeness (QED) is 0.293. The molecule has 0 bridgehead atoms. The minimum absolute atomic E-state index is 0. The minimum atomic E-state index is -6.06. The van der Waals surface area contributed by atoms with Gasteiger partial charge in [-0.25, -0.2) is 0 Å². The molecule has 6 nitrogen and oxygen atoms in total. The van der Waals surface area contributed by atoms with E-state index in [-0.39, 0.29) is 319 Å². The summed E-state index contributed by atoms with van der Waals surface area (Å²) in [5, 5.41) is 0. The Kier molecular flexibility index (Phi) is 165. The summed E-state index contributed by atoms with van der Waals surface area (Å²) in [6.45, 7) is 0. The van der Waals surface area contributed by atoms with E-state index in [9.17, 15) is 0 Å². The molecule has 0 aliphatic rings. The molecule has 13 heavy (non-hydrogen) atoms. The van der Waals surface area contributed by atoms with Crippen molar-refractivity contribution in [3.05, 3.63) is 0 Å². The molecule has 0 fully saturated rings. The molecule has 0 aromatic carbocycles. The first-order valence-corrected chi connectivity index (χ1v) is 4.73. The standard InChI is InChI=1S/6K.H2O.5O.Os/h;;;;;;1H2;;;;;;/q6*+1;;;;;;-2;-4. The first kappa shape index (κ1) is 57.0. The van der Waals surface area contributed by atoms with E-state index in [1.165, 1.54) is 0 Å². The number of hydrogen-bond donors (Lipinski definition) is 0. The van der Waals surface area contributed by atoms with Crippen LogP contribution in [0.2, 0.25) is 0 Å². The normalized spacial score (nSPS) is 5.54. The van der Waals surface area contributed by atoms with Gasteiger partial charge in [0, 0.05) is 0 Å². The fourth-order valence-corrected chi connectivity index (χ4v) is 0. The summed E-state index contributed by atoms with van der Waals surface area (Å²) >= 11 is -6.06. The van der Waals surface area contributed by atoms with Gasteiger partial charge in [-0.3, -0.25) is 0 Å². The Morgan fingerprint density at radius 2 is 0.538 bits per heavy atom. The summed E-state index contributed by atoms with van der Waals surface area (Å²) in [5.41, 5.74) is 0. The summed E-state index contributed by atoms with van der Waals surface area (Å²) in [5.74, 6) is 0. The van der Waals surface area contributed by atoms with Gasteiger partial charge in [0.1, 0.15) is 0 Å². The zero-order chi connectivity index (χ0) is 4.50. The molecule has 0 aromatic rings. The van der Waals surface area contributed by atoms with Gasteiger partial charge in [0.25, 0.3) is 0 Å². The van der Waals surface area contributed by atoms with Gasteiger partial charge >= 0.3 is 337 Å². The second kappa shape index (κ2) is 37.7. The van der Waals surface area contributed by atoms with Gasteiger partial charge in [0.15, 0.2) is 0 Å². The molecule has 0 atom stereocenters. The van der Waals surface area contributed by atoms with Gasteiger partial charge in [-0.2, -0.15) is 0 Å². The van der Waals surface area contributed by atoms with Gasteiger partial charge in [0.05, 0.1) is 0 Å². The Bertz CT molecular complexity index is 168. The molecule has 13 heteroatoms. The Labute approximate surface area is 334 Å². The second-order valence-corrected chi connectivity index (χ2v) is 2.89. The van der Waals surface area contributed by atoms with E-state index in [1.807, 2.05) is 0 Å². The summed E-state index contributed by atoms with van der Waals surface area (Å²) in [7, 11) is 0. The maximum absolute atomic E-state index is 8.63. The average Bonchev–Trinajstić information content (AvgIpc) is 0.722. The molecular weight excluding hydrogens is 521 g/mol. The van der Waals surface area contributed by atoms with E-state index in [1.54, 1.807) is 0 Å². The van der Waals surface area contributed by atoms with Gasteiger partial charge in [0.2, 0.25) is 0 Å². The van der Waals surface area contributed by atoms with Gasteiger partial charge < -0.3 is 11.0 Å². The molecule has 0 aliphatic heterocycles. The summed E-state index contributed by atoms with van der Waals surface area (Å²) in [4.78, 5) is 0. The predicted molar refractivity (Wildman–Crippen MR) is 7.05 cm³/mol. The summed E-state index contributed by atoms with van der Waals surface area (Å²) in [6, 6.07) is 0.